The van der Waals surface area contributed by atoms with Gasteiger partial charge in [-0.1, -0.05) is 0 Å². The van der Waals surface area contributed by atoms with E-state index in [1.54, 1.807) is 7.11 Å². The number of ether oxygens (including phenoxy) is 3. The Bertz CT molecular complexity index is 627. The molecular weight excluding hydrogens is 346 g/mol. The van der Waals surface area contributed by atoms with Crippen molar-refractivity contribution in [2.24, 2.45) is 0 Å². The molecule has 148 valence electrons. The maximum Gasteiger partial charge on any atom is 0.236 e. The van der Waals surface area contributed by atoms with Crippen LogP contribution in [0.5, 0.6) is 5.75 Å². The van der Waals surface area contributed by atoms with Gasteiger partial charge >= 0.3 is 0 Å². The predicted octanol–water partition coefficient (Wildman–Crippen LogP) is 1.18. The smallest absolute Gasteiger partial charge is 0.236 e. The number of likely N-dealkylation sites (tertiary alicyclic amines) is 1. The fourth-order valence-electron chi connectivity index (χ4n) is 4.14. The summed E-state index contributed by atoms with van der Waals surface area (Å²) in [6.45, 7) is 6.87. The third-order valence-electron chi connectivity index (χ3n) is 5.86. The molecule has 1 spiro atoms. The third-order valence-corrected chi connectivity index (χ3v) is 5.86. The van der Waals surface area contributed by atoms with Crippen LogP contribution in [0.1, 0.15) is 12.8 Å². The van der Waals surface area contributed by atoms with Crippen molar-refractivity contribution in [3.05, 3.63) is 24.3 Å². The van der Waals surface area contributed by atoms with E-state index in [1.165, 1.54) is 5.69 Å². The summed E-state index contributed by atoms with van der Waals surface area (Å²) >= 11 is 0. The molecule has 1 amide bonds. The van der Waals surface area contributed by atoms with Crippen LogP contribution >= 0.6 is 0 Å². The van der Waals surface area contributed by atoms with Crippen molar-refractivity contribution in [3.63, 3.8) is 0 Å². The van der Waals surface area contributed by atoms with Gasteiger partial charge in [-0.2, -0.15) is 0 Å². The summed E-state index contributed by atoms with van der Waals surface area (Å²) in [5.41, 5.74) is 1.18. The quantitative estimate of drug-likeness (QED) is 0.788. The highest BCUT2D eigenvalue weighted by molar-refractivity contribution is 5.78. The lowest BCUT2D eigenvalue weighted by atomic mass is 10.0. The van der Waals surface area contributed by atoms with E-state index in [9.17, 15) is 4.79 Å². The van der Waals surface area contributed by atoms with Crippen LogP contribution in [0.3, 0.4) is 0 Å². The number of piperazine rings is 1. The maximum absolute atomic E-state index is 12.7. The molecule has 7 heteroatoms. The number of methoxy groups -OCH3 is 1. The van der Waals surface area contributed by atoms with E-state index in [2.05, 4.69) is 21.9 Å². The molecule has 0 bridgehead atoms. The zero-order valence-corrected chi connectivity index (χ0v) is 16.1. The van der Waals surface area contributed by atoms with E-state index < -0.39 is 0 Å². The van der Waals surface area contributed by atoms with Crippen LogP contribution in [0, 0.1) is 0 Å². The summed E-state index contributed by atoms with van der Waals surface area (Å²) in [5, 5.41) is 0. The van der Waals surface area contributed by atoms with Crippen molar-refractivity contribution in [1.29, 1.82) is 0 Å². The predicted molar refractivity (Wildman–Crippen MR) is 102 cm³/mol. The lowest BCUT2D eigenvalue weighted by Crippen LogP contribution is -2.53. The van der Waals surface area contributed by atoms with Gasteiger partial charge in [-0.15, -0.1) is 0 Å². The van der Waals surface area contributed by atoms with Crippen molar-refractivity contribution in [3.8, 4) is 5.75 Å². The molecule has 3 saturated heterocycles. The molecule has 27 heavy (non-hydrogen) atoms. The summed E-state index contributed by atoms with van der Waals surface area (Å²) in [7, 11) is 1.68. The van der Waals surface area contributed by atoms with Crippen LogP contribution in [0.4, 0.5) is 5.69 Å². The van der Waals surface area contributed by atoms with Gasteiger partial charge in [-0.25, -0.2) is 0 Å². The Morgan fingerprint density at radius 1 is 1.00 bits per heavy atom. The Morgan fingerprint density at radius 3 is 2.22 bits per heavy atom. The van der Waals surface area contributed by atoms with Gasteiger partial charge in [0.05, 0.1) is 26.9 Å². The number of benzene rings is 1. The second kappa shape index (κ2) is 8.04. The molecule has 0 aliphatic carbocycles. The minimum absolute atomic E-state index is 0.230. The molecule has 0 saturated carbocycles. The lowest BCUT2D eigenvalue weighted by Gasteiger charge is -2.39. The van der Waals surface area contributed by atoms with Crippen molar-refractivity contribution < 1.29 is 19.0 Å². The normalized spacial score (nSPS) is 23.0. The molecule has 0 N–H and O–H groups in total. The van der Waals surface area contributed by atoms with Crippen LogP contribution in [-0.4, -0.2) is 87.6 Å². The number of anilines is 1. The number of piperidine rings is 1. The number of amides is 1. The summed E-state index contributed by atoms with van der Waals surface area (Å²) in [6, 6.07) is 8.11. The van der Waals surface area contributed by atoms with Gasteiger partial charge in [0, 0.05) is 57.8 Å². The maximum atomic E-state index is 12.7. The fourth-order valence-corrected chi connectivity index (χ4v) is 4.14. The number of carbonyl (C=O) groups is 1. The summed E-state index contributed by atoms with van der Waals surface area (Å²) < 4.78 is 16.7. The molecule has 3 aliphatic heterocycles. The fraction of sp³-hybridized carbons (Fsp3) is 0.650. The molecule has 3 aliphatic rings. The van der Waals surface area contributed by atoms with Crippen LogP contribution in [0.2, 0.25) is 0 Å². The number of rotatable bonds is 4. The second-order valence-electron chi connectivity index (χ2n) is 7.45. The molecule has 1 aromatic rings. The molecule has 0 aromatic heterocycles. The number of carbonyl (C=O) groups excluding carboxylic acids is 1. The highest BCUT2D eigenvalue weighted by Gasteiger charge is 2.40. The van der Waals surface area contributed by atoms with Gasteiger partial charge in [-0.3, -0.25) is 9.69 Å². The van der Waals surface area contributed by atoms with E-state index in [-0.39, 0.29) is 11.7 Å². The standard InChI is InChI=1S/C20H29N3O4/c1-25-18-4-2-17(3-5-18)22-10-12-23(13-11-22)19(24)16-21-8-6-20(7-9-21)26-14-15-27-20/h2-5H,6-16H2,1H3. The Labute approximate surface area is 160 Å². The molecule has 3 heterocycles. The average Bonchev–Trinajstić information content (AvgIpc) is 3.18. The first-order valence-corrected chi connectivity index (χ1v) is 9.84. The van der Waals surface area contributed by atoms with Gasteiger partial charge in [0.1, 0.15) is 5.75 Å². The van der Waals surface area contributed by atoms with E-state index in [4.69, 9.17) is 14.2 Å². The first kappa shape index (κ1) is 18.5. The summed E-state index contributed by atoms with van der Waals surface area (Å²) in [4.78, 5) is 19.2. The largest absolute Gasteiger partial charge is 0.497 e. The van der Waals surface area contributed by atoms with Crippen molar-refractivity contribution in [2.75, 3.05) is 71.0 Å². The highest BCUT2D eigenvalue weighted by atomic mass is 16.7. The van der Waals surface area contributed by atoms with Crippen LogP contribution in [0.15, 0.2) is 24.3 Å². The second-order valence-corrected chi connectivity index (χ2v) is 7.45. The zero-order chi connectivity index (χ0) is 18.7. The van der Waals surface area contributed by atoms with Gasteiger partial charge in [-0.05, 0) is 24.3 Å². The first-order chi connectivity index (χ1) is 13.2. The number of nitrogens with zero attached hydrogens (tertiary/aromatic N) is 3. The van der Waals surface area contributed by atoms with Gasteiger partial charge < -0.3 is 24.0 Å². The van der Waals surface area contributed by atoms with E-state index >= 15 is 0 Å². The Morgan fingerprint density at radius 2 is 1.63 bits per heavy atom. The van der Waals surface area contributed by atoms with Gasteiger partial charge in [0.25, 0.3) is 0 Å². The monoisotopic (exact) mass is 375 g/mol. The minimum Gasteiger partial charge on any atom is -0.497 e. The van der Waals surface area contributed by atoms with E-state index in [0.29, 0.717) is 19.8 Å². The number of hydrogen-bond acceptors (Lipinski definition) is 6. The van der Waals surface area contributed by atoms with Gasteiger partial charge in [0.2, 0.25) is 5.91 Å². The summed E-state index contributed by atoms with van der Waals surface area (Å²) in [5.74, 6) is 0.724. The first-order valence-electron chi connectivity index (χ1n) is 9.84. The van der Waals surface area contributed by atoms with Crippen LogP contribution in [0.25, 0.3) is 0 Å². The Hall–Kier alpha value is -1.83. The lowest BCUT2D eigenvalue weighted by molar-refractivity contribution is -0.186. The Balaban J connectivity index is 1.23. The number of hydrogen-bond donors (Lipinski definition) is 0. The van der Waals surface area contributed by atoms with Crippen molar-refractivity contribution >= 4 is 11.6 Å². The highest BCUT2D eigenvalue weighted by Crippen LogP contribution is 2.31. The third kappa shape index (κ3) is 4.20. The van der Waals surface area contributed by atoms with E-state index in [1.807, 2.05) is 17.0 Å². The Kier molecular flexibility index (Phi) is 5.52. The summed E-state index contributed by atoms with van der Waals surface area (Å²) in [6.07, 6.45) is 1.71. The molecule has 4 rings (SSSR count). The van der Waals surface area contributed by atoms with Crippen molar-refractivity contribution in [1.82, 2.24) is 9.80 Å². The SMILES string of the molecule is COc1ccc(N2CCN(C(=O)CN3CCC4(CC3)OCCO4)CC2)cc1. The van der Waals surface area contributed by atoms with Crippen LogP contribution < -0.4 is 9.64 Å². The molecule has 0 unspecified atom stereocenters. The molecule has 1 aromatic carbocycles. The molecule has 7 nitrogen and oxygen atoms in total. The molecule has 3 fully saturated rings. The van der Waals surface area contributed by atoms with Gasteiger partial charge in [0.15, 0.2) is 5.79 Å². The average molecular weight is 375 g/mol. The molecular formula is C20H29N3O4. The van der Waals surface area contributed by atoms with E-state index in [0.717, 1.165) is 57.9 Å². The molecule has 0 radical (unpaired) electrons. The van der Waals surface area contributed by atoms with Crippen molar-refractivity contribution in [2.45, 2.75) is 18.6 Å². The molecule has 0 atom stereocenters. The topological polar surface area (TPSA) is 54.5 Å². The zero-order valence-electron chi connectivity index (χ0n) is 16.1. The minimum atomic E-state index is -0.371. The van der Waals surface area contributed by atoms with Crippen LogP contribution in [-0.2, 0) is 14.3 Å².